The molecule has 0 spiro atoms. The van der Waals surface area contributed by atoms with E-state index < -0.39 is 5.97 Å². The molecule has 0 aromatic carbocycles. The smallest absolute Gasteiger partial charge is 0.338 e. The number of nitrogens with one attached hydrogen (secondary N) is 1. The van der Waals surface area contributed by atoms with Crippen molar-refractivity contribution < 1.29 is 9.90 Å². The van der Waals surface area contributed by atoms with Gasteiger partial charge in [0.15, 0.2) is 0 Å². The lowest BCUT2D eigenvalue weighted by atomic mass is 10.3. The highest BCUT2D eigenvalue weighted by Gasteiger charge is 2.20. The maximum absolute atomic E-state index is 10.5. The second-order valence-corrected chi connectivity index (χ2v) is 3.35. The van der Waals surface area contributed by atoms with Crippen LogP contribution in [0.15, 0.2) is 12.4 Å². The van der Waals surface area contributed by atoms with Crippen LogP contribution in [0.4, 0.5) is 0 Å². The van der Waals surface area contributed by atoms with Gasteiger partial charge in [-0.2, -0.15) is 0 Å². The summed E-state index contributed by atoms with van der Waals surface area (Å²) >= 11 is 0. The highest BCUT2D eigenvalue weighted by molar-refractivity contribution is 5.86. The average molecular weight is 193 g/mol. The molecule has 0 radical (unpaired) electrons. The lowest BCUT2D eigenvalue weighted by molar-refractivity contribution is 0.0696. The zero-order valence-corrected chi connectivity index (χ0v) is 7.60. The largest absolute Gasteiger partial charge is 0.478 e. The summed E-state index contributed by atoms with van der Waals surface area (Å²) in [7, 11) is 0. The summed E-state index contributed by atoms with van der Waals surface area (Å²) in [4.78, 5) is 18.4. The van der Waals surface area contributed by atoms with Gasteiger partial charge in [0, 0.05) is 18.4 Å². The van der Waals surface area contributed by atoms with Crippen molar-refractivity contribution in [1.82, 2.24) is 15.3 Å². The number of carboxylic acid groups (broad SMARTS) is 1. The highest BCUT2D eigenvalue weighted by atomic mass is 16.4. The van der Waals surface area contributed by atoms with E-state index in [4.69, 9.17) is 5.11 Å². The number of hydrogen-bond donors (Lipinski definition) is 2. The van der Waals surface area contributed by atoms with Crippen molar-refractivity contribution in [2.45, 2.75) is 25.4 Å². The number of aromatic carboxylic acids is 1. The van der Waals surface area contributed by atoms with Crippen LogP contribution in [0.5, 0.6) is 0 Å². The van der Waals surface area contributed by atoms with Crippen molar-refractivity contribution in [3.05, 3.63) is 23.8 Å². The summed E-state index contributed by atoms with van der Waals surface area (Å²) in [6.07, 6.45) is 5.10. The van der Waals surface area contributed by atoms with E-state index in [1.165, 1.54) is 25.2 Å². The van der Waals surface area contributed by atoms with Gasteiger partial charge in [0.1, 0.15) is 5.82 Å². The van der Waals surface area contributed by atoms with E-state index in [-0.39, 0.29) is 5.56 Å². The number of carbonyl (C=O) groups is 1. The lowest BCUT2D eigenvalue weighted by Crippen LogP contribution is -2.17. The first-order valence-electron chi connectivity index (χ1n) is 4.53. The van der Waals surface area contributed by atoms with Crippen LogP contribution in [-0.4, -0.2) is 27.1 Å². The summed E-state index contributed by atoms with van der Waals surface area (Å²) < 4.78 is 0. The molecule has 0 bridgehead atoms. The molecule has 1 aliphatic carbocycles. The van der Waals surface area contributed by atoms with Gasteiger partial charge in [-0.25, -0.2) is 14.8 Å². The normalized spacial score (nSPS) is 15.4. The third-order valence-corrected chi connectivity index (χ3v) is 2.08. The Balaban J connectivity index is 1.94. The molecular formula is C9H11N3O2. The molecule has 1 heterocycles. The van der Waals surface area contributed by atoms with Crippen LogP contribution >= 0.6 is 0 Å². The first-order chi connectivity index (χ1) is 6.75. The van der Waals surface area contributed by atoms with Crippen molar-refractivity contribution in [3.8, 4) is 0 Å². The van der Waals surface area contributed by atoms with E-state index in [9.17, 15) is 4.79 Å². The molecule has 2 rings (SSSR count). The van der Waals surface area contributed by atoms with Crippen molar-refractivity contribution in [2.24, 2.45) is 0 Å². The number of hydrogen-bond acceptors (Lipinski definition) is 4. The van der Waals surface area contributed by atoms with Crippen LogP contribution in [0.3, 0.4) is 0 Å². The molecule has 0 aliphatic heterocycles. The highest BCUT2D eigenvalue weighted by Crippen LogP contribution is 2.18. The van der Waals surface area contributed by atoms with E-state index in [1.807, 2.05) is 0 Å². The van der Waals surface area contributed by atoms with Gasteiger partial charge < -0.3 is 10.4 Å². The van der Waals surface area contributed by atoms with Gasteiger partial charge in [0.05, 0.1) is 12.1 Å². The minimum Gasteiger partial charge on any atom is -0.478 e. The predicted octanol–water partition coefficient (Wildman–Crippen LogP) is 0.427. The van der Waals surface area contributed by atoms with E-state index in [2.05, 4.69) is 15.3 Å². The first kappa shape index (κ1) is 9.08. The quantitative estimate of drug-likeness (QED) is 0.725. The van der Waals surface area contributed by atoms with Crippen molar-refractivity contribution >= 4 is 5.97 Å². The van der Waals surface area contributed by atoms with Crippen LogP contribution in [0, 0.1) is 0 Å². The van der Waals surface area contributed by atoms with E-state index in [0.717, 1.165) is 0 Å². The SMILES string of the molecule is O=C(O)c1cnc(CNC2CC2)nc1. The zero-order chi connectivity index (χ0) is 9.97. The monoisotopic (exact) mass is 193 g/mol. The Morgan fingerprint density at radius 1 is 1.50 bits per heavy atom. The maximum Gasteiger partial charge on any atom is 0.338 e. The number of nitrogens with zero attached hydrogens (tertiary/aromatic N) is 2. The van der Waals surface area contributed by atoms with Crippen LogP contribution in [0.1, 0.15) is 29.0 Å². The van der Waals surface area contributed by atoms with Crippen molar-refractivity contribution in [1.29, 1.82) is 0 Å². The summed E-state index contributed by atoms with van der Waals surface area (Å²) in [5, 5.41) is 11.9. The zero-order valence-electron chi connectivity index (χ0n) is 7.60. The standard InChI is InChI=1S/C9H11N3O2/c13-9(14)6-3-11-8(12-4-6)5-10-7-1-2-7/h3-4,7,10H,1-2,5H2,(H,13,14). The summed E-state index contributed by atoms with van der Waals surface area (Å²) in [6, 6.07) is 0.609. The van der Waals surface area contributed by atoms with Crippen LogP contribution < -0.4 is 5.32 Å². The lowest BCUT2D eigenvalue weighted by Gasteiger charge is -2.00. The minimum absolute atomic E-state index is 0.125. The first-order valence-corrected chi connectivity index (χ1v) is 4.53. The number of aromatic nitrogens is 2. The van der Waals surface area contributed by atoms with Crippen LogP contribution in [0.25, 0.3) is 0 Å². The molecule has 0 atom stereocenters. The molecule has 14 heavy (non-hydrogen) atoms. The number of rotatable bonds is 4. The fourth-order valence-electron chi connectivity index (χ4n) is 1.08. The van der Waals surface area contributed by atoms with Crippen molar-refractivity contribution in [3.63, 3.8) is 0 Å². The van der Waals surface area contributed by atoms with E-state index in [0.29, 0.717) is 18.4 Å². The Bertz CT molecular complexity index is 332. The van der Waals surface area contributed by atoms with E-state index >= 15 is 0 Å². The summed E-state index contributed by atoms with van der Waals surface area (Å²) in [6.45, 7) is 0.616. The second-order valence-electron chi connectivity index (χ2n) is 3.35. The molecule has 1 aromatic heterocycles. The van der Waals surface area contributed by atoms with E-state index in [1.54, 1.807) is 0 Å². The maximum atomic E-state index is 10.5. The average Bonchev–Trinajstić information content (AvgIpc) is 2.99. The van der Waals surface area contributed by atoms with Gasteiger partial charge in [0.25, 0.3) is 0 Å². The molecule has 1 aliphatic rings. The van der Waals surface area contributed by atoms with Gasteiger partial charge in [0.2, 0.25) is 0 Å². The molecule has 5 heteroatoms. The molecule has 74 valence electrons. The Labute approximate surface area is 81.2 Å². The molecule has 0 amide bonds. The third kappa shape index (κ3) is 2.26. The molecule has 0 unspecified atom stereocenters. The van der Waals surface area contributed by atoms with Crippen LogP contribution in [0.2, 0.25) is 0 Å². The van der Waals surface area contributed by atoms with Gasteiger partial charge in [-0.3, -0.25) is 0 Å². The minimum atomic E-state index is -0.994. The second kappa shape index (κ2) is 3.71. The number of carboxylic acids is 1. The fourth-order valence-corrected chi connectivity index (χ4v) is 1.08. The Morgan fingerprint density at radius 2 is 2.14 bits per heavy atom. The van der Waals surface area contributed by atoms with Gasteiger partial charge in [-0.05, 0) is 12.8 Å². The predicted molar refractivity (Wildman–Crippen MR) is 48.9 cm³/mol. The summed E-state index contributed by atoms with van der Waals surface area (Å²) in [5.41, 5.74) is 0.125. The Kier molecular flexibility index (Phi) is 2.41. The molecule has 1 saturated carbocycles. The topological polar surface area (TPSA) is 75.1 Å². The van der Waals surface area contributed by atoms with Crippen molar-refractivity contribution in [2.75, 3.05) is 0 Å². The Morgan fingerprint density at radius 3 is 2.64 bits per heavy atom. The fraction of sp³-hybridized carbons (Fsp3) is 0.444. The molecule has 0 saturated heterocycles. The van der Waals surface area contributed by atoms with Gasteiger partial charge >= 0.3 is 5.97 Å². The molecular weight excluding hydrogens is 182 g/mol. The molecule has 1 aromatic rings. The molecule has 2 N–H and O–H groups in total. The molecule has 5 nitrogen and oxygen atoms in total. The van der Waals surface area contributed by atoms with Crippen LogP contribution in [-0.2, 0) is 6.54 Å². The van der Waals surface area contributed by atoms with Gasteiger partial charge in [-0.15, -0.1) is 0 Å². The summed E-state index contributed by atoms with van der Waals surface area (Å²) in [5.74, 6) is -0.353. The molecule has 1 fully saturated rings. The Hall–Kier alpha value is -1.49. The third-order valence-electron chi connectivity index (χ3n) is 2.08. The van der Waals surface area contributed by atoms with Gasteiger partial charge in [-0.1, -0.05) is 0 Å².